The minimum Gasteiger partial charge on any atom is -0.516 e. The van der Waals surface area contributed by atoms with Gasteiger partial charge in [0.2, 0.25) is 0 Å². The van der Waals surface area contributed by atoms with Crippen molar-refractivity contribution >= 4 is 177 Å². The second kappa shape index (κ2) is 17.0. The molecule has 0 spiro atoms. The van der Waals surface area contributed by atoms with Crippen molar-refractivity contribution in [2.24, 2.45) is 0 Å². The van der Waals surface area contributed by atoms with Crippen LogP contribution in [0.2, 0.25) is 0 Å². The highest BCUT2D eigenvalue weighted by atomic mass is 33.4. The van der Waals surface area contributed by atoms with E-state index in [9.17, 15) is 0 Å². The van der Waals surface area contributed by atoms with Gasteiger partial charge < -0.3 is 8.93 Å². The maximum absolute atomic E-state index is 4.09. The van der Waals surface area contributed by atoms with Gasteiger partial charge in [-0.1, -0.05) is 0 Å². The summed E-state index contributed by atoms with van der Waals surface area (Å²) in [6.45, 7) is 0.206. The zero-order valence-corrected chi connectivity index (χ0v) is 34.0. The van der Waals surface area contributed by atoms with Crippen molar-refractivity contribution in [3.05, 3.63) is 0 Å². The Hall–Kier alpha value is 9.46. The van der Waals surface area contributed by atoms with Gasteiger partial charge in [-0.05, 0) is 62.9 Å². The lowest BCUT2D eigenvalue weighted by molar-refractivity contribution is 4.47. The highest BCUT2D eigenvalue weighted by molar-refractivity contribution is 9.38. The quantitative estimate of drug-likeness (QED) is 0.210. The fraction of sp³-hybridized carbons (Fsp3) is 0. The lowest BCUT2D eigenvalue weighted by Crippen LogP contribution is -1.59. The van der Waals surface area contributed by atoms with Gasteiger partial charge in [0.15, 0.2) is 0 Å². The second-order valence-electron chi connectivity index (χ2n) is 3.32. The van der Waals surface area contributed by atoms with Crippen LogP contribution < -0.4 is 0 Å². The van der Waals surface area contributed by atoms with E-state index in [0.717, 1.165) is 0 Å². The van der Waals surface area contributed by atoms with Crippen molar-refractivity contribution in [2.45, 2.75) is 0 Å². The molecule has 0 saturated carbocycles. The third kappa shape index (κ3) is 11.5. The molecule has 0 fully saturated rings. The first kappa shape index (κ1) is 31.5. The Morgan fingerprint density at radius 3 is 0.727 bits per heavy atom. The molecule has 0 N–H and O–H groups in total. The average Bonchev–Trinajstić information content (AvgIpc) is 2.24. The van der Waals surface area contributed by atoms with Crippen molar-refractivity contribution in [1.82, 2.24) is 0 Å². The zero-order valence-electron chi connectivity index (χ0n) is 11.3. The van der Waals surface area contributed by atoms with E-state index in [2.05, 4.69) is 107 Å². The maximum Gasteiger partial charge on any atom is -0.00323 e. The van der Waals surface area contributed by atoms with E-state index >= 15 is 0 Å². The van der Waals surface area contributed by atoms with E-state index in [0.29, 0.717) is 0 Å². The molecule has 0 aromatic carbocycles. The third-order valence-corrected chi connectivity index (χ3v) is 138. The third-order valence-electron chi connectivity index (χ3n) is 1.71. The van der Waals surface area contributed by atoms with Crippen LogP contribution in [0.4, 0.5) is 0 Å². The minimum absolute atomic E-state index is 0.00514. The van der Waals surface area contributed by atoms with Crippen LogP contribution >= 0.6 is 177 Å². The van der Waals surface area contributed by atoms with Gasteiger partial charge >= 0.3 is 0 Å². The van der Waals surface area contributed by atoms with E-state index in [-0.39, 0.29) is 69.9 Å². The van der Waals surface area contributed by atoms with Gasteiger partial charge in [0.05, 0.1) is 0 Å². The summed E-state index contributed by atoms with van der Waals surface area (Å²) in [5.41, 5.74) is 0. The number of rotatable bonds is 9. The van der Waals surface area contributed by atoms with Crippen LogP contribution in [0.1, 0.15) is 0 Å². The van der Waals surface area contributed by atoms with Gasteiger partial charge in [-0.2, -0.15) is 0 Å². The average molecular weight is 705 g/mol. The summed E-state index contributed by atoms with van der Waals surface area (Å²) in [5, 5.41) is 0. The first-order valence-corrected chi connectivity index (χ1v) is 43.8. The molecular weight excluding hydrogens is 681 g/mol. The normalized spacial score (nSPS) is 16.4. The highest BCUT2D eigenvalue weighted by Crippen LogP contribution is 3.32. The van der Waals surface area contributed by atoms with Crippen LogP contribution in [0.25, 0.3) is 0 Å². The standard InChI is InChI=1S/H23P22/c1-13(2)19(14(3)4)22(20(15(5)6)16(7)8)21(17(9)10)18(11)12/h1H,2-12H2/q-1. The van der Waals surface area contributed by atoms with Crippen LogP contribution in [-0.2, 0) is 0 Å². The van der Waals surface area contributed by atoms with Crippen LogP contribution in [0.3, 0.4) is 0 Å². The molecule has 0 amide bonds. The lowest BCUT2D eigenvalue weighted by Gasteiger charge is -2.49. The van der Waals surface area contributed by atoms with Gasteiger partial charge in [0.25, 0.3) is 0 Å². The van der Waals surface area contributed by atoms with Crippen molar-refractivity contribution < 1.29 is 0 Å². The van der Waals surface area contributed by atoms with Gasteiger partial charge in [0, 0.05) is 0 Å². The van der Waals surface area contributed by atoms with Gasteiger partial charge in [-0.3, -0.25) is 0 Å². The van der Waals surface area contributed by atoms with Crippen LogP contribution in [0.5, 0.6) is 0 Å². The van der Waals surface area contributed by atoms with Crippen LogP contribution in [0, 0.1) is 0 Å². The summed E-state index contributed by atoms with van der Waals surface area (Å²) in [6.07, 6.45) is 0. The summed E-state index contributed by atoms with van der Waals surface area (Å²) < 4.78 is 0. The summed E-state index contributed by atoms with van der Waals surface area (Å²) in [6, 6.07) is 0. The van der Waals surface area contributed by atoms with Crippen LogP contribution in [0.15, 0.2) is 0 Å². The molecule has 0 aliphatic carbocycles. The molecule has 134 valence electrons. The van der Waals surface area contributed by atoms with Crippen molar-refractivity contribution in [3.63, 3.8) is 0 Å². The fourth-order valence-corrected chi connectivity index (χ4v) is 270. The summed E-state index contributed by atoms with van der Waals surface area (Å²) in [5.74, 6) is 0. The predicted molar refractivity (Wildman–Crippen MR) is 184 cm³/mol. The largest absolute Gasteiger partial charge is 0.516 e. The Bertz CT molecular complexity index is 211. The molecule has 0 heterocycles. The zero-order chi connectivity index (χ0) is 17.8. The first-order chi connectivity index (χ1) is 9.93. The second-order valence-corrected chi connectivity index (χ2v) is 89.6. The van der Waals surface area contributed by atoms with Crippen molar-refractivity contribution in [1.29, 1.82) is 0 Å². The molecule has 13 unspecified atom stereocenters. The molecular formula is H23P22-. The monoisotopic (exact) mass is 705 g/mol. The minimum atomic E-state index is -0.104. The number of hydrogen-bond acceptors (Lipinski definition) is 0. The van der Waals surface area contributed by atoms with Crippen molar-refractivity contribution in [2.75, 3.05) is 0 Å². The number of hydrogen-bond donors (Lipinski definition) is 0. The van der Waals surface area contributed by atoms with Gasteiger partial charge in [0.1, 0.15) is 0 Å². The van der Waals surface area contributed by atoms with E-state index in [1.54, 1.807) is 0 Å². The Morgan fingerprint density at radius 2 is 0.591 bits per heavy atom. The molecule has 0 saturated heterocycles. The molecule has 0 rings (SSSR count). The van der Waals surface area contributed by atoms with E-state index in [4.69, 9.17) is 0 Å². The molecule has 0 nitrogen and oxygen atoms in total. The van der Waals surface area contributed by atoms with E-state index in [1.807, 2.05) is 0 Å². The first-order valence-electron chi connectivity index (χ1n) is 4.86. The molecule has 0 bridgehead atoms. The molecule has 0 aromatic heterocycles. The Labute approximate surface area is 175 Å². The Kier molecular flexibility index (Phi) is 24.3. The summed E-state index contributed by atoms with van der Waals surface area (Å²) >= 11 is 0. The molecule has 22 heavy (non-hydrogen) atoms. The Balaban J connectivity index is 6.03. The van der Waals surface area contributed by atoms with Gasteiger partial charge in [-0.25, -0.2) is 6.99 Å². The van der Waals surface area contributed by atoms with Crippen molar-refractivity contribution in [3.8, 4) is 0 Å². The maximum atomic E-state index is 4.09. The molecule has 0 aliphatic rings. The SMILES string of the molecule is [PH-]P(P)P(P(P)P)P(P(P(P)P)P(P)P)P(P(P)P)P(P)P. The smallest absolute Gasteiger partial charge is 0.00323 e. The molecule has 0 radical (unpaired) electrons. The molecule has 22 heteroatoms. The Morgan fingerprint density at radius 1 is 0.364 bits per heavy atom. The van der Waals surface area contributed by atoms with Crippen LogP contribution in [-0.4, -0.2) is 0 Å². The highest BCUT2D eigenvalue weighted by Gasteiger charge is 2.42. The fourth-order valence-electron chi connectivity index (χ4n) is 1.11. The van der Waals surface area contributed by atoms with E-state index in [1.165, 1.54) is 0 Å². The van der Waals surface area contributed by atoms with E-state index < -0.39 is 0 Å². The summed E-state index contributed by atoms with van der Waals surface area (Å²) in [7, 11) is 39.0. The van der Waals surface area contributed by atoms with Gasteiger partial charge in [-0.15, -0.1) is 98.2 Å². The molecule has 0 aromatic rings. The topological polar surface area (TPSA) is 0 Å². The molecule has 0 aliphatic heterocycles. The summed E-state index contributed by atoms with van der Waals surface area (Å²) in [4.78, 5) is 0. The lowest BCUT2D eigenvalue weighted by atomic mass is 28.5. The predicted octanol–water partition coefficient (Wildman–Crippen LogP) is 12.8. The molecule has 13 atom stereocenters.